The van der Waals surface area contributed by atoms with E-state index in [0.29, 0.717) is 0 Å². The molecule has 27 heavy (non-hydrogen) atoms. The Morgan fingerprint density at radius 2 is 1.30 bits per heavy atom. The van der Waals surface area contributed by atoms with E-state index in [9.17, 15) is 0 Å². The Morgan fingerprint density at radius 3 is 1.89 bits per heavy atom. The van der Waals surface area contributed by atoms with Crippen LogP contribution in [-0.2, 0) is 19.3 Å². The van der Waals surface area contributed by atoms with Gasteiger partial charge in [0, 0.05) is 0 Å². The zero-order valence-corrected chi connectivity index (χ0v) is 18.4. The van der Waals surface area contributed by atoms with Gasteiger partial charge in [-0.25, -0.2) is 0 Å². The highest BCUT2D eigenvalue weighted by atomic mass is 14.2. The zero-order valence-electron chi connectivity index (χ0n) is 18.4. The first kappa shape index (κ1) is 21.7. The van der Waals surface area contributed by atoms with Gasteiger partial charge in [0.2, 0.25) is 0 Å². The second-order valence-electron chi connectivity index (χ2n) is 8.00. The number of hydrogen-bond acceptors (Lipinski definition) is 0. The quantitative estimate of drug-likeness (QED) is 0.499. The molecule has 148 valence electrons. The molecule has 0 aromatic heterocycles. The van der Waals surface area contributed by atoms with E-state index in [1.807, 2.05) is 0 Å². The number of aryl methyl sites for hydroxylation is 3. The molecular weight excluding hydrogens is 324 g/mol. The van der Waals surface area contributed by atoms with Crippen molar-refractivity contribution in [2.24, 2.45) is 0 Å². The summed E-state index contributed by atoms with van der Waals surface area (Å²) in [6.45, 7) is 11.1. The molecule has 2 aromatic carbocycles. The first-order chi connectivity index (χ1) is 13.2. The van der Waals surface area contributed by atoms with Gasteiger partial charge < -0.3 is 0 Å². The highest BCUT2D eigenvalue weighted by Gasteiger charge is 2.17. The molecule has 0 spiro atoms. The number of hydrogen-bond donors (Lipinski definition) is 0. The molecule has 0 radical (unpaired) electrons. The number of benzene rings is 2. The van der Waals surface area contributed by atoms with Crippen molar-refractivity contribution in [1.82, 2.24) is 0 Å². The smallest absolute Gasteiger partial charge is 0.0152 e. The average Bonchev–Trinajstić information content (AvgIpc) is 2.74. The van der Waals surface area contributed by atoms with E-state index in [2.05, 4.69) is 71.0 Å². The first-order valence-electron chi connectivity index (χ1n) is 11.4. The molecule has 1 aliphatic carbocycles. The fourth-order valence-corrected chi connectivity index (χ4v) is 4.35. The molecule has 1 fully saturated rings. The lowest BCUT2D eigenvalue weighted by molar-refractivity contribution is 0.443. The lowest BCUT2D eigenvalue weighted by Gasteiger charge is -2.23. The molecule has 0 unspecified atom stereocenters. The van der Waals surface area contributed by atoms with Gasteiger partial charge in [-0.3, -0.25) is 0 Å². The maximum Gasteiger partial charge on any atom is -0.0152 e. The standard InChI is InChI=1S/C24H32.C3H8/c1-4-18-12-13-23(16-19(18)5-2)24-15-14-22(17-20(24)6-3)21-10-8-7-9-11-21;1-3-2/h12-17,21H,4-11H2,1-3H3;3H2,1-2H3. The van der Waals surface area contributed by atoms with Crippen LogP contribution in [0.1, 0.15) is 101 Å². The van der Waals surface area contributed by atoms with Crippen LogP contribution < -0.4 is 0 Å². The maximum absolute atomic E-state index is 2.50. The van der Waals surface area contributed by atoms with Crippen LogP contribution in [0.5, 0.6) is 0 Å². The van der Waals surface area contributed by atoms with Crippen LogP contribution in [-0.4, -0.2) is 0 Å². The summed E-state index contributed by atoms with van der Waals surface area (Å²) in [6, 6.07) is 14.4. The molecule has 3 rings (SSSR count). The normalized spacial score (nSPS) is 14.6. The van der Waals surface area contributed by atoms with Crippen molar-refractivity contribution in [3.8, 4) is 11.1 Å². The second kappa shape index (κ2) is 11.3. The summed E-state index contributed by atoms with van der Waals surface area (Å²) in [6.07, 6.45) is 11.6. The van der Waals surface area contributed by atoms with Gasteiger partial charge in [0.15, 0.2) is 0 Å². The molecule has 0 nitrogen and oxygen atoms in total. The molecule has 1 saturated carbocycles. The van der Waals surface area contributed by atoms with E-state index < -0.39 is 0 Å². The van der Waals surface area contributed by atoms with Gasteiger partial charge in [0.1, 0.15) is 0 Å². The molecule has 0 amide bonds. The highest BCUT2D eigenvalue weighted by Crippen LogP contribution is 2.35. The van der Waals surface area contributed by atoms with Crippen molar-refractivity contribution in [3.63, 3.8) is 0 Å². The van der Waals surface area contributed by atoms with E-state index in [1.165, 1.54) is 66.3 Å². The second-order valence-corrected chi connectivity index (χ2v) is 8.00. The first-order valence-corrected chi connectivity index (χ1v) is 11.4. The van der Waals surface area contributed by atoms with Gasteiger partial charge in [-0.05, 0) is 71.4 Å². The maximum atomic E-state index is 2.50. The SMILES string of the molecule is CCC.CCc1ccc(-c2ccc(C3CCCCC3)cc2CC)cc1CC. The minimum Gasteiger partial charge on any atom is -0.0656 e. The fraction of sp³-hybridized carbons (Fsp3) is 0.556. The van der Waals surface area contributed by atoms with Crippen LogP contribution in [0.2, 0.25) is 0 Å². The molecule has 0 atom stereocenters. The Labute approximate surface area is 168 Å². The summed E-state index contributed by atoms with van der Waals surface area (Å²) in [4.78, 5) is 0. The molecule has 0 bridgehead atoms. The third kappa shape index (κ3) is 5.71. The van der Waals surface area contributed by atoms with E-state index in [1.54, 1.807) is 5.56 Å². The Kier molecular flexibility index (Phi) is 9.11. The van der Waals surface area contributed by atoms with Crippen LogP contribution in [0.15, 0.2) is 36.4 Å². The molecule has 1 aliphatic rings. The Hall–Kier alpha value is -1.56. The fourth-order valence-electron chi connectivity index (χ4n) is 4.35. The van der Waals surface area contributed by atoms with E-state index in [0.717, 1.165) is 25.2 Å². The van der Waals surface area contributed by atoms with Crippen LogP contribution >= 0.6 is 0 Å². The summed E-state index contributed by atoms with van der Waals surface area (Å²) >= 11 is 0. The predicted molar refractivity (Wildman–Crippen MR) is 122 cm³/mol. The lowest BCUT2D eigenvalue weighted by Crippen LogP contribution is -2.05. The molecule has 0 N–H and O–H groups in total. The van der Waals surface area contributed by atoms with Gasteiger partial charge >= 0.3 is 0 Å². The van der Waals surface area contributed by atoms with Crippen molar-refractivity contribution in [2.45, 2.75) is 98.3 Å². The highest BCUT2D eigenvalue weighted by molar-refractivity contribution is 5.69. The predicted octanol–water partition coefficient (Wildman–Crippen LogP) is 8.50. The van der Waals surface area contributed by atoms with E-state index >= 15 is 0 Å². The van der Waals surface area contributed by atoms with E-state index in [-0.39, 0.29) is 0 Å². The van der Waals surface area contributed by atoms with Gasteiger partial charge in [0.05, 0.1) is 0 Å². The van der Waals surface area contributed by atoms with Crippen molar-refractivity contribution < 1.29 is 0 Å². The number of rotatable bonds is 5. The molecule has 0 saturated heterocycles. The molecular formula is C27H40. The van der Waals surface area contributed by atoms with Crippen LogP contribution in [0.3, 0.4) is 0 Å². The minimum atomic E-state index is 0.798. The van der Waals surface area contributed by atoms with Crippen molar-refractivity contribution in [2.75, 3.05) is 0 Å². The van der Waals surface area contributed by atoms with Gasteiger partial charge in [-0.15, -0.1) is 0 Å². The molecule has 0 aliphatic heterocycles. The Bertz CT molecular complexity index is 689. The van der Waals surface area contributed by atoms with Crippen LogP contribution in [0.25, 0.3) is 11.1 Å². The summed E-state index contributed by atoms with van der Waals surface area (Å²) < 4.78 is 0. The minimum absolute atomic E-state index is 0.798. The lowest BCUT2D eigenvalue weighted by atomic mass is 9.82. The average molecular weight is 365 g/mol. The summed E-state index contributed by atoms with van der Waals surface area (Å²) in [5.41, 5.74) is 8.94. The largest absolute Gasteiger partial charge is 0.0656 e. The van der Waals surface area contributed by atoms with E-state index in [4.69, 9.17) is 0 Å². The summed E-state index contributed by atoms with van der Waals surface area (Å²) in [5.74, 6) is 0.798. The van der Waals surface area contributed by atoms with Crippen LogP contribution in [0.4, 0.5) is 0 Å². The zero-order chi connectivity index (χ0) is 19.6. The van der Waals surface area contributed by atoms with Gasteiger partial charge in [0.25, 0.3) is 0 Å². The Morgan fingerprint density at radius 1 is 0.667 bits per heavy atom. The summed E-state index contributed by atoms with van der Waals surface area (Å²) in [7, 11) is 0. The van der Waals surface area contributed by atoms with Gasteiger partial charge in [-0.1, -0.05) is 96.7 Å². The topological polar surface area (TPSA) is 0 Å². The van der Waals surface area contributed by atoms with Crippen molar-refractivity contribution in [1.29, 1.82) is 0 Å². The summed E-state index contributed by atoms with van der Waals surface area (Å²) in [5, 5.41) is 0. The van der Waals surface area contributed by atoms with Gasteiger partial charge in [-0.2, -0.15) is 0 Å². The van der Waals surface area contributed by atoms with Crippen molar-refractivity contribution in [3.05, 3.63) is 58.7 Å². The van der Waals surface area contributed by atoms with Crippen molar-refractivity contribution >= 4 is 0 Å². The Balaban J connectivity index is 0.000000817. The monoisotopic (exact) mass is 364 g/mol. The molecule has 2 aromatic rings. The molecule has 0 heteroatoms. The third-order valence-corrected chi connectivity index (χ3v) is 5.87. The molecule has 0 heterocycles. The third-order valence-electron chi connectivity index (χ3n) is 5.87. The van der Waals surface area contributed by atoms with Crippen LogP contribution in [0, 0.1) is 0 Å².